The summed E-state index contributed by atoms with van der Waals surface area (Å²) in [5, 5.41) is 0. The van der Waals surface area contributed by atoms with E-state index in [2.05, 4.69) is 13.8 Å². The highest BCUT2D eigenvalue weighted by molar-refractivity contribution is 7.89. The molecule has 0 spiro atoms. The first-order chi connectivity index (χ1) is 9.26. The van der Waals surface area contributed by atoms with Crippen molar-refractivity contribution in [2.24, 2.45) is 5.41 Å². The molecule has 0 atom stereocenters. The average molecular weight is 316 g/mol. The van der Waals surface area contributed by atoms with Gasteiger partial charge in [0.25, 0.3) is 0 Å². The quantitative estimate of drug-likeness (QED) is 0.800. The molecule has 20 heavy (non-hydrogen) atoms. The lowest BCUT2D eigenvalue weighted by atomic mass is 9.83. The van der Waals surface area contributed by atoms with Crippen LogP contribution in [0, 0.1) is 12.3 Å². The van der Waals surface area contributed by atoms with Gasteiger partial charge in [-0.05, 0) is 48.4 Å². The molecule has 0 unspecified atom stereocenters. The Labute approximate surface area is 127 Å². The van der Waals surface area contributed by atoms with Crippen molar-refractivity contribution >= 4 is 21.6 Å². The number of rotatable bonds is 3. The van der Waals surface area contributed by atoms with Crippen molar-refractivity contribution in [3.8, 4) is 0 Å². The van der Waals surface area contributed by atoms with Crippen molar-refractivity contribution in [2.45, 2.75) is 44.4 Å². The topological polar surface area (TPSA) is 37.4 Å². The van der Waals surface area contributed by atoms with Crippen LogP contribution in [0.3, 0.4) is 0 Å². The van der Waals surface area contributed by atoms with Crippen molar-refractivity contribution in [2.75, 3.05) is 13.1 Å². The Kier molecular flexibility index (Phi) is 4.47. The van der Waals surface area contributed by atoms with Crippen molar-refractivity contribution < 1.29 is 8.42 Å². The first-order valence-electron chi connectivity index (χ1n) is 6.92. The molecule has 5 heteroatoms. The lowest BCUT2D eigenvalue weighted by Gasteiger charge is -2.36. The minimum atomic E-state index is -3.39. The first-order valence-corrected chi connectivity index (χ1v) is 8.89. The summed E-state index contributed by atoms with van der Waals surface area (Å²) in [5.41, 5.74) is 2.14. The van der Waals surface area contributed by atoms with Crippen molar-refractivity contribution in [1.29, 1.82) is 0 Å². The van der Waals surface area contributed by atoms with Crippen LogP contribution in [0.4, 0.5) is 0 Å². The van der Waals surface area contributed by atoms with E-state index in [1.54, 1.807) is 16.4 Å². The van der Waals surface area contributed by atoms with Gasteiger partial charge in [0.2, 0.25) is 10.0 Å². The molecular weight excluding hydrogens is 294 g/mol. The van der Waals surface area contributed by atoms with Crippen LogP contribution in [0.5, 0.6) is 0 Å². The Morgan fingerprint density at radius 3 is 2.40 bits per heavy atom. The van der Waals surface area contributed by atoms with E-state index >= 15 is 0 Å². The molecule has 1 aliphatic heterocycles. The zero-order valence-corrected chi connectivity index (χ0v) is 13.9. The van der Waals surface area contributed by atoms with Crippen molar-refractivity contribution in [3.05, 3.63) is 29.3 Å². The SMILES string of the molecule is Cc1ccc(S(=O)(=O)N2CCC(C)(C)CC2)cc1CCl. The molecule has 0 aromatic heterocycles. The molecule has 1 aromatic rings. The second-order valence-corrected chi connectivity index (χ2v) is 8.50. The van der Waals surface area contributed by atoms with Crippen LogP contribution in [0.1, 0.15) is 37.8 Å². The van der Waals surface area contributed by atoms with Gasteiger partial charge in [0.05, 0.1) is 4.90 Å². The summed E-state index contributed by atoms with van der Waals surface area (Å²) in [5.74, 6) is 0.336. The molecule has 0 amide bonds. The molecule has 2 rings (SSSR count). The Hall–Kier alpha value is -0.580. The van der Waals surface area contributed by atoms with Crippen molar-refractivity contribution in [1.82, 2.24) is 4.31 Å². The number of benzene rings is 1. The highest BCUT2D eigenvalue weighted by atomic mass is 35.5. The third-order valence-corrected chi connectivity index (χ3v) is 6.36. The first kappa shape index (κ1) is 15.8. The normalized spacial score (nSPS) is 20.0. The summed E-state index contributed by atoms with van der Waals surface area (Å²) >= 11 is 5.87. The summed E-state index contributed by atoms with van der Waals surface area (Å²) in [7, 11) is -3.39. The van der Waals surface area contributed by atoms with Gasteiger partial charge in [-0.25, -0.2) is 8.42 Å². The smallest absolute Gasteiger partial charge is 0.207 e. The van der Waals surface area contributed by atoms with E-state index in [1.807, 2.05) is 13.0 Å². The van der Waals surface area contributed by atoms with Gasteiger partial charge in [-0.15, -0.1) is 11.6 Å². The van der Waals surface area contributed by atoms with Gasteiger partial charge >= 0.3 is 0 Å². The molecule has 0 radical (unpaired) electrons. The van der Waals surface area contributed by atoms with Crippen LogP contribution in [-0.4, -0.2) is 25.8 Å². The summed E-state index contributed by atoms with van der Waals surface area (Å²) in [6, 6.07) is 5.22. The minimum Gasteiger partial charge on any atom is -0.207 e. The molecule has 1 saturated heterocycles. The standard InChI is InChI=1S/C15H22ClNO2S/c1-12-4-5-14(10-13(12)11-16)20(18,19)17-8-6-15(2,3)7-9-17/h4-5,10H,6-9,11H2,1-3H3. The van der Waals surface area contributed by atoms with Crippen LogP contribution in [0.25, 0.3) is 0 Å². The van der Waals surface area contributed by atoms with Gasteiger partial charge < -0.3 is 0 Å². The molecule has 3 nitrogen and oxygen atoms in total. The fourth-order valence-electron chi connectivity index (χ4n) is 2.43. The third kappa shape index (κ3) is 3.18. The Morgan fingerprint density at radius 2 is 1.85 bits per heavy atom. The summed E-state index contributed by atoms with van der Waals surface area (Å²) in [6.07, 6.45) is 1.81. The van der Waals surface area contributed by atoms with Gasteiger partial charge in [0, 0.05) is 19.0 Å². The van der Waals surface area contributed by atoms with Gasteiger partial charge in [-0.3, -0.25) is 0 Å². The maximum Gasteiger partial charge on any atom is 0.243 e. The number of nitrogens with zero attached hydrogens (tertiary/aromatic N) is 1. The maximum absolute atomic E-state index is 12.7. The van der Waals surface area contributed by atoms with Gasteiger partial charge in [0.1, 0.15) is 0 Å². The molecule has 0 saturated carbocycles. The van der Waals surface area contributed by atoms with E-state index in [0.717, 1.165) is 24.0 Å². The third-order valence-electron chi connectivity index (χ3n) is 4.18. The summed E-state index contributed by atoms with van der Waals surface area (Å²) in [6.45, 7) is 7.51. The van der Waals surface area contributed by atoms with Crippen LogP contribution < -0.4 is 0 Å². The molecule has 112 valence electrons. The molecule has 1 aliphatic rings. The highest BCUT2D eigenvalue weighted by Crippen LogP contribution is 2.32. The van der Waals surface area contributed by atoms with E-state index < -0.39 is 10.0 Å². The van der Waals surface area contributed by atoms with E-state index in [0.29, 0.717) is 23.9 Å². The van der Waals surface area contributed by atoms with Crippen LogP contribution in [-0.2, 0) is 15.9 Å². The zero-order valence-electron chi connectivity index (χ0n) is 12.3. The van der Waals surface area contributed by atoms with E-state index in [9.17, 15) is 8.42 Å². The highest BCUT2D eigenvalue weighted by Gasteiger charge is 2.32. The Balaban J connectivity index is 2.27. The molecule has 0 aliphatic carbocycles. The summed E-state index contributed by atoms with van der Waals surface area (Å²) in [4.78, 5) is 0.360. The van der Waals surface area contributed by atoms with E-state index in [4.69, 9.17) is 11.6 Å². The van der Waals surface area contributed by atoms with E-state index in [-0.39, 0.29) is 5.41 Å². The monoisotopic (exact) mass is 315 g/mol. The average Bonchev–Trinajstić information content (AvgIpc) is 2.38. The van der Waals surface area contributed by atoms with Crippen molar-refractivity contribution in [3.63, 3.8) is 0 Å². The Bertz CT molecular complexity index is 586. The lowest BCUT2D eigenvalue weighted by molar-refractivity contribution is 0.196. The number of hydrogen-bond acceptors (Lipinski definition) is 2. The number of hydrogen-bond donors (Lipinski definition) is 0. The number of piperidine rings is 1. The van der Waals surface area contributed by atoms with Gasteiger partial charge in [-0.2, -0.15) is 4.31 Å². The fraction of sp³-hybridized carbons (Fsp3) is 0.600. The zero-order chi connectivity index (χ0) is 15.0. The van der Waals surface area contributed by atoms with E-state index in [1.165, 1.54) is 0 Å². The lowest BCUT2D eigenvalue weighted by Crippen LogP contribution is -2.41. The second-order valence-electron chi connectivity index (χ2n) is 6.29. The number of alkyl halides is 1. The van der Waals surface area contributed by atoms with Crippen LogP contribution >= 0.6 is 11.6 Å². The minimum absolute atomic E-state index is 0.237. The predicted molar refractivity (Wildman–Crippen MR) is 82.5 cm³/mol. The van der Waals surface area contributed by atoms with Gasteiger partial charge in [-0.1, -0.05) is 19.9 Å². The maximum atomic E-state index is 12.7. The molecule has 0 N–H and O–H groups in total. The van der Waals surface area contributed by atoms with Crippen LogP contribution in [0.15, 0.2) is 23.1 Å². The molecule has 1 heterocycles. The fourth-order valence-corrected chi connectivity index (χ4v) is 4.21. The summed E-state index contributed by atoms with van der Waals surface area (Å²) < 4.78 is 26.9. The largest absolute Gasteiger partial charge is 0.243 e. The molecule has 0 bridgehead atoms. The van der Waals surface area contributed by atoms with Crippen LogP contribution in [0.2, 0.25) is 0 Å². The number of sulfonamides is 1. The molecule has 1 fully saturated rings. The number of halogens is 1. The second kappa shape index (κ2) is 5.66. The van der Waals surface area contributed by atoms with Gasteiger partial charge in [0.15, 0.2) is 0 Å². The Morgan fingerprint density at radius 1 is 1.25 bits per heavy atom. The molecular formula is C15H22ClNO2S. The number of aryl methyl sites for hydroxylation is 1. The molecule has 1 aromatic carbocycles. The predicted octanol–water partition coefficient (Wildman–Crippen LogP) is 3.54.